The second-order valence-corrected chi connectivity index (χ2v) is 8.61. The highest BCUT2D eigenvalue weighted by atomic mass is 32.2. The molecule has 1 amide bonds. The van der Waals surface area contributed by atoms with Crippen LogP contribution in [0.3, 0.4) is 0 Å². The number of methoxy groups -OCH3 is 2. The molecule has 1 N–H and O–H groups in total. The van der Waals surface area contributed by atoms with Gasteiger partial charge >= 0.3 is 0 Å². The molecular formula is C22H31NO5S. The van der Waals surface area contributed by atoms with E-state index in [9.17, 15) is 9.90 Å². The van der Waals surface area contributed by atoms with Crippen molar-refractivity contribution in [1.29, 1.82) is 0 Å². The Labute approximate surface area is 177 Å². The summed E-state index contributed by atoms with van der Waals surface area (Å²) in [6.07, 6.45) is 4.94. The Bertz CT molecular complexity index is 697. The van der Waals surface area contributed by atoms with Crippen LogP contribution in [0.2, 0.25) is 0 Å². The quantitative estimate of drug-likeness (QED) is 0.481. The molecule has 0 radical (unpaired) electrons. The smallest absolute Gasteiger partial charge is 0.282 e. The van der Waals surface area contributed by atoms with Gasteiger partial charge in [0.2, 0.25) is 0 Å². The van der Waals surface area contributed by atoms with Gasteiger partial charge in [-0.05, 0) is 43.4 Å². The molecule has 29 heavy (non-hydrogen) atoms. The van der Waals surface area contributed by atoms with Crippen LogP contribution in [-0.4, -0.2) is 59.3 Å². The van der Waals surface area contributed by atoms with Crippen LogP contribution in [0, 0.1) is 0 Å². The van der Waals surface area contributed by atoms with Crippen LogP contribution in [0.15, 0.2) is 36.9 Å². The average molecular weight is 422 g/mol. The molecule has 7 heteroatoms. The first kappa shape index (κ1) is 22.2. The Balaban J connectivity index is 1.77. The lowest BCUT2D eigenvalue weighted by Gasteiger charge is -2.47. The molecule has 2 aliphatic rings. The van der Waals surface area contributed by atoms with Crippen molar-refractivity contribution < 1.29 is 24.1 Å². The molecule has 2 saturated heterocycles. The number of benzene rings is 1. The van der Waals surface area contributed by atoms with Crippen molar-refractivity contribution in [3.8, 4) is 5.75 Å². The van der Waals surface area contributed by atoms with Crippen molar-refractivity contribution >= 4 is 17.0 Å². The first-order chi connectivity index (χ1) is 14.0. The maximum Gasteiger partial charge on any atom is 0.282 e. The summed E-state index contributed by atoms with van der Waals surface area (Å²) in [5.74, 6) is 0.360. The topological polar surface area (TPSA) is 68.2 Å². The van der Waals surface area contributed by atoms with Gasteiger partial charge in [-0.15, -0.1) is 6.58 Å². The monoisotopic (exact) mass is 421 g/mol. The molecule has 1 unspecified atom stereocenters. The van der Waals surface area contributed by atoms with Crippen molar-refractivity contribution in [3.05, 3.63) is 42.5 Å². The third-order valence-corrected chi connectivity index (χ3v) is 6.66. The fraction of sp³-hybridized carbons (Fsp3) is 0.591. The van der Waals surface area contributed by atoms with Crippen molar-refractivity contribution in [2.45, 2.75) is 62.7 Å². The van der Waals surface area contributed by atoms with Gasteiger partial charge in [0.25, 0.3) is 5.24 Å². The Morgan fingerprint density at radius 3 is 2.79 bits per heavy atom. The molecule has 6 nitrogen and oxygen atoms in total. The fourth-order valence-electron chi connectivity index (χ4n) is 4.16. The molecule has 0 aromatic heterocycles. The van der Waals surface area contributed by atoms with Crippen LogP contribution >= 0.6 is 11.8 Å². The minimum atomic E-state index is -0.998. The fourth-order valence-corrected chi connectivity index (χ4v) is 5.25. The summed E-state index contributed by atoms with van der Waals surface area (Å²) >= 11 is 1.28. The molecule has 0 aliphatic carbocycles. The largest absolute Gasteiger partial charge is 0.497 e. The van der Waals surface area contributed by atoms with Gasteiger partial charge in [0.1, 0.15) is 5.75 Å². The van der Waals surface area contributed by atoms with Crippen molar-refractivity contribution in [3.63, 3.8) is 0 Å². The van der Waals surface area contributed by atoms with Crippen LogP contribution < -0.4 is 4.74 Å². The Morgan fingerprint density at radius 2 is 2.14 bits per heavy atom. The van der Waals surface area contributed by atoms with Gasteiger partial charge in [0.05, 0.1) is 25.4 Å². The number of allylic oxidation sites excluding steroid dienone is 1. The summed E-state index contributed by atoms with van der Waals surface area (Å²) in [6, 6.07) is 7.44. The summed E-state index contributed by atoms with van der Waals surface area (Å²) in [4.78, 5) is 14.5. The summed E-state index contributed by atoms with van der Waals surface area (Å²) < 4.78 is 17.5. The number of thioether (sulfide) groups is 1. The first-order valence-electron chi connectivity index (χ1n) is 10.1. The van der Waals surface area contributed by atoms with Gasteiger partial charge in [0.15, 0.2) is 5.79 Å². The second-order valence-electron chi connectivity index (χ2n) is 7.64. The van der Waals surface area contributed by atoms with Gasteiger partial charge in [-0.3, -0.25) is 4.79 Å². The molecule has 0 saturated carbocycles. The highest BCUT2D eigenvalue weighted by molar-refractivity contribution is 8.13. The van der Waals surface area contributed by atoms with E-state index in [-0.39, 0.29) is 17.4 Å². The van der Waals surface area contributed by atoms with Crippen molar-refractivity contribution in [2.24, 2.45) is 0 Å². The van der Waals surface area contributed by atoms with Crippen LogP contribution in [-0.2, 0) is 16.0 Å². The van der Waals surface area contributed by atoms with Crippen LogP contribution in [0.5, 0.6) is 5.75 Å². The number of aliphatic hydroxyl groups excluding tert-OH is 1. The van der Waals surface area contributed by atoms with Crippen LogP contribution in [0.1, 0.15) is 37.7 Å². The van der Waals surface area contributed by atoms with E-state index in [4.69, 9.17) is 14.2 Å². The van der Waals surface area contributed by atoms with Crippen molar-refractivity contribution in [2.75, 3.05) is 20.0 Å². The number of hydrogen-bond donors (Lipinski definition) is 1. The number of unbranched alkanes of at least 4 members (excludes halogenated alkanes) is 1. The molecule has 0 spiro atoms. The third-order valence-electron chi connectivity index (χ3n) is 5.70. The molecule has 1 aromatic rings. The molecule has 2 fully saturated rings. The van der Waals surface area contributed by atoms with E-state index in [1.54, 1.807) is 14.2 Å². The number of hydrogen-bond acceptors (Lipinski definition) is 6. The van der Waals surface area contributed by atoms with Gasteiger partial charge in [-0.1, -0.05) is 30.0 Å². The maximum atomic E-state index is 12.7. The van der Waals surface area contributed by atoms with E-state index in [1.165, 1.54) is 11.8 Å². The Kier molecular flexibility index (Phi) is 7.62. The van der Waals surface area contributed by atoms with Gasteiger partial charge in [0, 0.05) is 25.8 Å². The number of carbonyl (C=O) groups is 1. The third kappa shape index (κ3) is 5.15. The number of amides is 1. The SMILES string of the molecule is C=CCCC[C@@H]1C[C@@H](O)C[C@](OC)(C2CSC(=O)N2Cc2ccc(OC)cc2)O1. The number of ether oxygens (including phenoxy) is 3. The Morgan fingerprint density at radius 1 is 1.38 bits per heavy atom. The Hall–Kier alpha value is -1.54. The lowest BCUT2D eigenvalue weighted by Crippen LogP contribution is -2.60. The molecule has 2 aliphatic heterocycles. The minimum Gasteiger partial charge on any atom is -0.497 e. The van der Waals surface area contributed by atoms with E-state index in [2.05, 4.69) is 6.58 Å². The number of carbonyl (C=O) groups excluding carboxylic acids is 1. The summed E-state index contributed by atoms with van der Waals surface area (Å²) in [5, 5.41) is 10.6. The van der Waals surface area contributed by atoms with E-state index in [0.717, 1.165) is 30.6 Å². The van der Waals surface area contributed by atoms with Crippen molar-refractivity contribution in [1.82, 2.24) is 4.90 Å². The van der Waals surface area contributed by atoms with Gasteiger partial charge in [-0.25, -0.2) is 0 Å². The second kappa shape index (κ2) is 9.98. The summed E-state index contributed by atoms with van der Waals surface area (Å²) in [7, 11) is 3.24. The normalized spacial score (nSPS) is 29.8. The number of aliphatic hydroxyl groups is 1. The average Bonchev–Trinajstić information content (AvgIpc) is 3.09. The maximum absolute atomic E-state index is 12.7. The minimum absolute atomic E-state index is 0.00844. The zero-order valence-electron chi connectivity index (χ0n) is 17.2. The standard InChI is InChI=1S/C22H31NO5S/c1-4-5-6-7-19-12-17(24)13-22(27-3,28-19)20-15-29-21(25)23(20)14-16-8-10-18(26-2)11-9-16/h4,8-11,17,19-20,24H,1,5-7,12-15H2,2-3H3/t17-,19-,20?,22-/m1/s1. The molecule has 3 rings (SSSR count). The summed E-state index contributed by atoms with van der Waals surface area (Å²) in [6.45, 7) is 4.23. The number of nitrogens with zero attached hydrogens (tertiary/aromatic N) is 1. The molecule has 160 valence electrons. The summed E-state index contributed by atoms with van der Waals surface area (Å²) in [5.41, 5.74) is 1.01. The van der Waals surface area contributed by atoms with Gasteiger partial charge in [-0.2, -0.15) is 0 Å². The molecular weight excluding hydrogens is 390 g/mol. The molecule has 4 atom stereocenters. The van der Waals surface area contributed by atoms with E-state index >= 15 is 0 Å². The zero-order chi connectivity index (χ0) is 20.9. The zero-order valence-corrected chi connectivity index (χ0v) is 18.0. The highest BCUT2D eigenvalue weighted by Crippen LogP contribution is 2.42. The number of rotatable bonds is 9. The lowest BCUT2D eigenvalue weighted by molar-refractivity contribution is -0.305. The molecule has 1 aromatic carbocycles. The first-order valence-corrected chi connectivity index (χ1v) is 11.1. The van der Waals surface area contributed by atoms with E-state index < -0.39 is 11.9 Å². The van der Waals surface area contributed by atoms with Gasteiger partial charge < -0.3 is 24.2 Å². The lowest BCUT2D eigenvalue weighted by atomic mass is 9.91. The predicted molar refractivity (Wildman–Crippen MR) is 114 cm³/mol. The van der Waals surface area contributed by atoms with E-state index in [1.807, 2.05) is 35.2 Å². The van der Waals surface area contributed by atoms with E-state index in [0.29, 0.717) is 25.1 Å². The molecule has 0 bridgehead atoms. The predicted octanol–water partition coefficient (Wildman–Crippen LogP) is 3.97. The van der Waals surface area contributed by atoms with Crippen LogP contribution in [0.4, 0.5) is 4.79 Å². The van der Waals surface area contributed by atoms with Crippen LogP contribution in [0.25, 0.3) is 0 Å². The molecule has 2 heterocycles. The highest BCUT2D eigenvalue weighted by Gasteiger charge is 2.53.